The van der Waals surface area contributed by atoms with E-state index in [-0.39, 0.29) is 12.2 Å². The molecule has 1 saturated heterocycles. The number of hydrogen-bond acceptors (Lipinski definition) is 4. The van der Waals surface area contributed by atoms with Crippen LogP contribution in [0.15, 0.2) is 0 Å². The van der Waals surface area contributed by atoms with Crippen molar-refractivity contribution >= 4 is 12.2 Å². The van der Waals surface area contributed by atoms with Crippen LogP contribution in [0.2, 0.25) is 0 Å². The zero-order valence-corrected chi connectivity index (χ0v) is 9.86. The van der Waals surface area contributed by atoms with E-state index in [9.17, 15) is 9.59 Å². The number of primary amides is 1. The van der Waals surface area contributed by atoms with E-state index in [1.165, 1.54) is 4.90 Å². The fraction of sp³-hybridized carbons (Fsp3) is 0.800. The summed E-state index contributed by atoms with van der Waals surface area (Å²) in [5.41, 5.74) is 4.39. The molecule has 16 heavy (non-hydrogen) atoms. The van der Waals surface area contributed by atoms with E-state index in [1.807, 2.05) is 0 Å². The van der Waals surface area contributed by atoms with Crippen LogP contribution in [0.1, 0.15) is 27.2 Å². The van der Waals surface area contributed by atoms with Crippen molar-refractivity contribution < 1.29 is 19.1 Å². The molecule has 1 aliphatic rings. The maximum atomic E-state index is 11.6. The third-order valence-electron chi connectivity index (χ3n) is 2.08. The minimum atomic E-state index is -0.809. The summed E-state index contributed by atoms with van der Waals surface area (Å²) in [6.45, 7) is 6.28. The van der Waals surface area contributed by atoms with Crippen molar-refractivity contribution in [3.05, 3.63) is 0 Å². The summed E-state index contributed by atoms with van der Waals surface area (Å²) in [6, 6.07) is 0. The second kappa shape index (κ2) is 4.59. The number of ether oxygens (including phenoxy) is 2. The molecule has 92 valence electrons. The maximum Gasteiger partial charge on any atom is 0.410 e. The Bertz CT molecular complexity index is 285. The zero-order valence-electron chi connectivity index (χ0n) is 9.86. The van der Waals surface area contributed by atoms with Crippen LogP contribution in [0.5, 0.6) is 0 Å². The second-order valence-corrected chi connectivity index (χ2v) is 4.77. The third-order valence-corrected chi connectivity index (χ3v) is 2.08. The van der Waals surface area contributed by atoms with E-state index >= 15 is 0 Å². The Kier molecular flexibility index (Phi) is 3.62. The van der Waals surface area contributed by atoms with E-state index in [2.05, 4.69) is 0 Å². The largest absolute Gasteiger partial charge is 0.444 e. The van der Waals surface area contributed by atoms with Gasteiger partial charge in [0, 0.05) is 13.0 Å². The molecule has 2 amide bonds. The van der Waals surface area contributed by atoms with Crippen molar-refractivity contribution in [2.24, 2.45) is 5.73 Å². The number of rotatable bonds is 1. The Hall–Kier alpha value is -1.46. The normalized spacial score (nSPS) is 20.7. The third kappa shape index (κ3) is 3.96. The first-order chi connectivity index (χ1) is 7.28. The summed E-state index contributed by atoms with van der Waals surface area (Å²) in [4.78, 5) is 23.7. The first-order valence-corrected chi connectivity index (χ1v) is 5.22. The van der Waals surface area contributed by atoms with Crippen molar-refractivity contribution in [3.63, 3.8) is 0 Å². The lowest BCUT2D eigenvalue weighted by Gasteiger charge is -2.24. The number of amides is 2. The first kappa shape index (κ1) is 12.6. The molecule has 1 heterocycles. The minimum absolute atomic E-state index is 0.315. The highest BCUT2D eigenvalue weighted by molar-refractivity contribution is 5.69. The molecule has 0 radical (unpaired) electrons. The summed E-state index contributed by atoms with van der Waals surface area (Å²) in [5, 5.41) is 0. The Morgan fingerprint density at radius 1 is 1.38 bits per heavy atom. The van der Waals surface area contributed by atoms with Gasteiger partial charge in [-0.25, -0.2) is 9.59 Å². The Morgan fingerprint density at radius 2 is 2.00 bits per heavy atom. The summed E-state index contributed by atoms with van der Waals surface area (Å²) in [6.07, 6.45) is -0.911. The van der Waals surface area contributed by atoms with Gasteiger partial charge in [-0.2, -0.15) is 0 Å². The van der Waals surface area contributed by atoms with E-state index in [1.54, 1.807) is 20.8 Å². The number of hydrogen-bond donors (Lipinski definition) is 1. The van der Waals surface area contributed by atoms with Crippen LogP contribution in [-0.2, 0) is 9.47 Å². The molecule has 6 heteroatoms. The van der Waals surface area contributed by atoms with E-state index < -0.39 is 11.7 Å². The number of carbonyl (C=O) groups excluding carboxylic acids is 2. The lowest BCUT2D eigenvalue weighted by molar-refractivity contribution is 0.0261. The Labute approximate surface area is 94.7 Å². The molecule has 1 rings (SSSR count). The van der Waals surface area contributed by atoms with Gasteiger partial charge in [0.2, 0.25) is 0 Å². The van der Waals surface area contributed by atoms with Crippen molar-refractivity contribution in [1.82, 2.24) is 4.90 Å². The number of likely N-dealkylation sites (tertiary alicyclic amines) is 1. The SMILES string of the molecule is CC(C)(C)OC(=O)N1CC[C@@H](OC(N)=O)C1. The van der Waals surface area contributed by atoms with Crippen LogP contribution < -0.4 is 5.73 Å². The predicted molar refractivity (Wildman–Crippen MR) is 56.9 cm³/mol. The number of nitrogens with two attached hydrogens (primary N) is 1. The lowest BCUT2D eigenvalue weighted by Crippen LogP contribution is -2.36. The quantitative estimate of drug-likeness (QED) is 0.731. The van der Waals surface area contributed by atoms with Gasteiger partial charge in [-0.05, 0) is 20.8 Å². The molecule has 6 nitrogen and oxygen atoms in total. The summed E-state index contributed by atoms with van der Waals surface area (Å²) >= 11 is 0. The standard InChI is InChI=1S/C10H18N2O4/c1-10(2,3)16-9(14)12-5-4-7(6-12)15-8(11)13/h7H,4-6H2,1-3H3,(H2,11,13)/t7-/m1/s1. The van der Waals surface area contributed by atoms with Gasteiger partial charge >= 0.3 is 12.2 Å². The molecule has 0 bridgehead atoms. The van der Waals surface area contributed by atoms with Gasteiger partial charge in [0.15, 0.2) is 0 Å². The monoisotopic (exact) mass is 230 g/mol. The fourth-order valence-electron chi connectivity index (χ4n) is 1.48. The van der Waals surface area contributed by atoms with E-state index in [4.69, 9.17) is 15.2 Å². The summed E-state index contributed by atoms with van der Waals surface area (Å²) < 4.78 is 10.0. The number of nitrogens with zero attached hydrogens (tertiary/aromatic N) is 1. The molecule has 0 unspecified atom stereocenters. The highest BCUT2D eigenvalue weighted by atomic mass is 16.6. The van der Waals surface area contributed by atoms with Gasteiger partial charge in [0.25, 0.3) is 0 Å². The molecule has 2 N–H and O–H groups in total. The molecular formula is C10H18N2O4. The summed E-state index contributed by atoms with van der Waals surface area (Å²) in [7, 11) is 0. The van der Waals surface area contributed by atoms with Crippen LogP contribution in [0, 0.1) is 0 Å². The van der Waals surface area contributed by atoms with Gasteiger partial charge in [0.1, 0.15) is 11.7 Å². The molecule has 0 spiro atoms. The molecule has 1 fully saturated rings. The van der Waals surface area contributed by atoms with E-state index in [0.717, 1.165) is 0 Å². The van der Waals surface area contributed by atoms with Crippen molar-refractivity contribution in [2.45, 2.75) is 38.9 Å². The van der Waals surface area contributed by atoms with Gasteiger partial charge in [-0.1, -0.05) is 0 Å². The van der Waals surface area contributed by atoms with Crippen molar-refractivity contribution in [1.29, 1.82) is 0 Å². The molecule has 1 aliphatic heterocycles. The molecule has 0 saturated carbocycles. The molecule has 0 aromatic heterocycles. The number of carbonyl (C=O) groups is 2. The van der Waals surface area contributed by atoms with Crippen LogP contribution in [0.4, 0.5) is 9.59 Å². The van der Waals surface area contributed by atoms with Gasteiger partial charge in [-0.15, -0.1) is 0 Å². The average molecular weight is 230 g/mol. The van der Waals surface area contributed by atoms with Crippen molar-refractivity contribution in [3.8, 4) is 0 Å². The lowest BCUT2D eigenvalue weighted by atomic mass is 10.2. The van der Waals surface area contributed by atoms with Crippen LogP contribution in [0.25, 0.3) is 0 Å². The van der Waals surface area contributed by atoms with Crippen LogP contribution >= 0.6 is 0 Å². The molecule has 0 aromatic carbocycles. The van der Waals surface area contributed by atoms with Gasteiger partial charge < -0.3 is 20.1 Å². The molecule has 0 aliphatic carbocycles. The van der Waals surface area contributed by atoms with Crippen LogP contribution in [0.3, 0.4) is 0 Å². The first-order valence-electron chi connectivity index (χ1n) is 5.22. The Morgan fingerprint density at radius 3 is 2.50 bits per heavy atom. The van der Waals surface area contributed by atoms with Crippen LogP contribution in [-0.4, -0.2) is 41.9 Å². The van der Waals surface area contributed by atoms with Crippen molar-refractivity contribution in [2.75, 3.05) is 13.1 Å². The zero-order chi connectivity index (χ0) is 12.3. The smallest absolute Gasteiger partial charge is 0.410 e. The molecular weight excluding hydrogens is 212 g/mol. The Balaban J connectivity index is 2.41. The fourth-order valence-corrected chi connectivity index (χ4v) is 1.48. The summed E-state index contributed by atoms with van der Waals surface area (Å²) in [5.74, 6) is 0. The van der Waals surface area contributed by atoms with Gasteiger partial charge in [-0.3, -0.25) is 0 Å². The second-order valence-electron chi connectivity index (χ2n) is 4.77. The maximum absolute atomic E-state index is 11.6. The molecule has 1 atom stereocenters. The highest BCUT2D eigenvalue weighted by Gasteiger charge is 2.31. The van der Waals surface area contributed by atoms with E-state index in [0.29, 0.717) is 19.5 Å². The average Bonchev–Trinajstić information content (AvgIpc) is 2.48. The molecule has 0 aromatic rings. The van der Waals surface area contributed by atoms with Gasteiger partial charge in [0.05, 0.1) is 6.54 Å². The predicted octanol–water partition coefficient (Wildman–Crippen LogP) is 1.09. The topological polar surface area (TPSA) is 81.9 Å². The highest BCUT2D eigenvalue weighted by Crippen LogP contribution is 2.16. The minimum Gasteiger partial charge on any atom is -0.444 e.